The van der Waals surface area contributed by atoms with Crippen LogP contribution in [-0.4, -0.2) is 113 Å². The maximum absolute atomic E-state index is 15.6. The second kappa shape index (κ2) is 15.8. The number of benzene rings is 2. The highest BCUT2D eigenvalue weighted by Gasteiger charge is 2.49. The van der Waals surface area contributed by atoms with E-state index >= 15 is 4.39 Å². The average molecular weight is 824 g/mol. The molecule has 1 aromatic heterocycles. The van der Waals surface area contributed by atoms with Crippen LogP contribution in [0.25, 0.3) is 0 Å². The number of carbonyl (C=O) groups excluding carboxylic acids is 5. The van der Waals surface area contributed by atoms with E-state index in [1.807, 2.05) is 17.0 Å². The van der Waals surface area contributed by atoms with Gasteiger partial charge in [-0.3, -0.25) is 39.1 Å². The van der Waals surface area contributed by atoms with Crippen LogP contribution in [-0.2, 0) is 9.59 Å². The van der Waals surface area contributed by atoms with E-state index in [2.05, 4.69) is 30.6 Å². The number of piperazine rings is 1. The Kier molecular flexibility index (Phi) is 10.4. The maximum atomic E-state index is 15.6. The smallest absolute Gasteiger partial charge is 0.272 e. The number of hydrogen-bond donors (Lipinski definition) is 2. The summed E-state index contributed by atoms with van der Waals surface area (Å²) in [6.07, 6.45) is 6.02. The molecule has 7 heterocycles. The highest BCUT2D eigenvalue weighted by Crippen LogP contribution is 2.41. The summed E-state index contributed by atoms with van der Waals surface area (Å²) >= 11 is 6.14. The first kappa shape index (κ1) is 38.8. The van der Waals surface area contributed by atoms with Crippen molar-refractivity contribution in [3.63, 3.8) is 0 Å². The first-order valence-corrected chi connectivity index (χ1v) is 20.7. The van der Waals surface area contributed by atoms with Crippen LogP contribution in [0.4, 0.5) is 15.9 Å². The van der Waals surface area contributed by atoms with E-state index in [0.717, 1.165) is 94.5 Å². The number of fused-ring (bicyclic) bond motifs is 3. The van der Waals surface area contributed by atoms with Gasteiger partial charge in [0.05, 0.1) is 33.5 Å². The van der Waals surface area contributed by atoms with Crippen molar-refractivity contribution in [3.8, 4) is 11.8 Å². The zero-order valence-corrected chi connectivity index (χ0v) is 33.0. The topological polar surface area (TPSA) is 181 Å². The molecule has 17 heteroatoms. The van der Waals surface area contributed by atoms with Crippen molar-refractivity contribution < 1.29 is 33.1 Å². The molecule has 5 amide bonds. The van der Waals surface area contributed by atoms with Crippen LogP contribution in [0.15, 0.2) is 42.5 Å². The summed E-state index contributed by atoms with van der Waals surface area (Å²) in [4.78, 5) is 71.2. The Morgan fingerprint density at radius 2 is 1.66 bits per heavy atom. The number of nitriles is 1. The van der Waals surface area contributed by atoms with Gasteiger partial charge in [-0.2, -0.15) is 5.26 Å². The lowest BCUT2D eigenvalue weighted by atomic mass is 9.85. The summed E-state index contributed by atoms with van der Waals surface area (Å²) < 4.78 is 21.7. The molecule has 0 spiro atoms. The zero-order valence-electron chi connectivity index (χ0n) is 32.2. The van der Waals surface area contributed by atoms with E-state index in [9.17, 15) is 24.0 Å². The molecule has 15 nitrogen and oxygen atoms in total. The van der Waals surface area contributed by atoms with Crippen LogP contribution >= 0.6 is 11.6 Å². The van der Waals surface area contributed by atoms with Gasteiger partial charge in [-0.15, -0.1) is 10.2 Å². The number of halogens is 2. The Balaban J connectivity index is 0.723. The maximum Gasteiger partial charge on any atom is 0.272 e. The third kappa shape index (κ3) is 7.57. The van der Waals surface area contributed by atoms with Crippen molar-refractivity contribution in [2.24, 2.45) is 5.92 Å². The molecule has 1 aliphatic carbocycles. The number of nitrogens with one attached hydrogen (secondary N) is 2. The summed E-state index contributed by atoms with van der Waals surface area (Å²) in [6, 6.07) is 12.3. The Hall–Kier alpha value is -5.66. The second-order valence-corrected chi connectivity index (χ2v) is 16.9. The molecule has 10 rings (SSSR count). The number of aromatic nitrogens is 2. The Morgan fingerprint density at radius 3 is 2.32 bits per heavy atom. The van der Waals surface area contributed by atoms with E-state index in [1.165, 1.54) is 6.07 Å². The van der Waals surface area contributed by atoms with Gasteiger partial charge < -0.3 is 19.9 Å². The minimum absolute atomic E-state index is 0.00586. The Labute approximate surface area is 344 Å². The van der Waals surface area contributed by atoms with Gasteiger partial charge >= 0.3 is 0 Å². The first-order chi connectivity index (χ1) is 28.5. The number of nitrogens with zero attached hydrogens (tertiary/aromatic N) is 7. The predicted octanol–water partition coefficient (Wildman–Crippen LogP) is 3.84. The van der Waals surface area contributed by atoms with Gasteiger partial charge in [-0.25, -0.2) is 4.39 Å². The van der Waals surface area contributed by atoms with E-state index in [4.69, 9.17) is 21.6 Å². The van der Waals surface area contributed by atoms with Gasteiger partial charge in [-0.1, -0.05) is 11.6 Å². The highest BCUT2D eigenvalue weighted by molar-refractivity contribution is 6.31. The molecule has 2 aromatic carbocycles. The summed E-state index contributed by atoms with van der Waals surface area (Å²) in [7, 11) is 0. The van der Waals surface area contributed by atoms with Gasteiger partial charge in [-0.05, 0) is 93.7 Å². The van der Waals surface area contributed by atoms with Crippen molar-refractivity contribution in [3.05, 3.63) is 75.7 Å². The number of anilines is 2. The van der Waals surface area contributed by atoms with Gasteiger partial charge in [0.2, 0.25) is 11.8 Å². The fourth-order valence-electron chi connectivity index (χ4n) is 9.68. The molecule has 306 valence electrons. The summed E-state index contributed by atoms with van der Waals surface area (Å²) in [5.74, 6) is -1.47. The normalized spacial score (nSPS) is 25.9. The quantitative estimate of drug-likeness (QED) is 0.298. The number of piperidine rings is 3. The molecule has 3 unspecified atom stereocenters. The molecular weight excluding hydrogens is 781 g/mol. The van der Waals surface area contributed by atoms with Crippen molar-refractivity contribution in [2.75, 3.05) is 42.5 Å². The van der Waals surface area contributed by atoms with Gasteiger partial charge in [0.1, 0.15) is 23.7 Å². The predicted molar refractivity (Wildman–Crippen MR) is 211 cm³/mol. The van der Waals surface area contributed by atoms with Crippen molar-refractivity contribution >= 4 is 52.6 Å². The Morgan fingerprint density at radius 1 is 0.932 bits per heavy atom. The van der Waals surface area contributed by atoms with E-state index in [-0.39, 0.29) is 59.8 Å². The number of carbonyl (C=O) groups is 5. The molecule has 0 radical (unpaired) electrons. The summed E-state index contributed by atoms with van der Waals surface area (Å²) in [5, 5.41) is 23.4. The average Bonchev–Trinajstić information content (AvgIpc) is 3.46. The molecule has 59 heavy (non-hydrogen) atoms. The van der Waals surface area contributed by atoms with E-state index in [0.29, 0.717) is 27.9 Å². The fraction of sp³-hybridized carbons (Fsp3) is 0.476. The molecule has 3 aromatic rings. The van der Waals surface area contributed by atoms with E-state index < -0.39 is 35.5 Å². The lowest BCUT2D eigenvalue weighted by molar-refractivity contribution is -0.136. The molecule has 6 fully saturated rings. The van der Waals surface area contributed by atoms with Crippen LogP contribution in [0.2, 0.25) is 5.02 Å². The van der Waals surface area contributed by atoms with Crippen LogP contribution in [0.1, 0.15) is 94.6 Å². The molecule has 2 N–H and O–H groups in total. The Bertz CT molecular complexity index is 2240. The second-order valence-electron chi connectivity index (χ2n) is 16.5. The third-order valence-electron chi connectivity index (χ3n) is 12.8. The molecule has 7 aliphatic rings. The highest BCUT2D eigenvalue weighted by atomic mass is 35.5. The standard InChI is InChI=1S/C42H43ClFN9O6/c43-32-16-29(4-1-24(32)19-45)59-28-5-2-25(3-6-28)46-39(55)34-7-9-37(49-48-34)51-13-11-23(12-14-51)20-50-21-26-15-27(22-50)52(26)36-18-31-30(17-33(36)44)41(57)53(42(31)58)35-8-10-38(54)47-40(35)56/h1,4,7,9,16-18,23,25-28,35H,2-3,5-6,8,10-15,20-22H2,(H,46,55)(H,47,54,56)/t25-,26?,27?,28-,35?. The molecular formula is C42H43ClFN9O6. The zero-order chi connectivity index (χ0) is 40.9. The molecule has 6 aliphatic heterocycles. The van der Waals surface area contributed by atoms with Crippen molar-refractivity contribution in [2.45, 2.75) is 88.1 Å². The molecule has 3 atom stereocenters. The monoisotopic (exact) mass is 823 g/mol. The number of imide groups is 2. The number of rotatable bonds is 9. The van der Waals surface area contributed by atoms with Gasteiger partial charge in [0.25, 0.3) is 17.7 Å². The number of ether oxygens (including phenoxy) is 1. The fourth-order valence-corrected chi connectivity index (χ4v) is 9.89. The summed E-state index contributed by atoms with van der Waals surface area (Å²) in [5.41, 5.74) is 1.01. The van der Waals surface area contributed by atoms with Crippen molar-refractivity contribution in [1.29, 1.82) is 5.26 Å². The van der Waals surface area contributed by atoms with E-state index in [1.54, 1.807) is 24.3 Å². The summed E-state index contributed by atoms with van der Waals surface area (Å²) in [6.45, 7) is 4.10. The SMILES string of the molecule is N#Cc1ccc(O[C@H]2CC[C@H](NC(=O)c3ccc(N4CCC(CN5CC6CC(C5)N6c5cc6c(cc5F)C(=O)N(C5CCC(=O)NC5=O)C6=O)CC4)nn3)CC2)cc1Cl. The molecule has 5 saturated heterocycles. The third-order valence-corrected chi connectivity index (χ3v) is 13.1. The minimum Gasteiger partial charge on any atom is -0.490 e. The van der Waals surface area contributed by atoms with Crippen LogP contribution in [0.3, 0.4) is 0 Å². The molecule has 1 saturated carbocycles. The largest absolute Gasteiger partial charge is 0.490 e. The number of amides is 5. The minimum atomic E-state index is -1.10. The molecule has 2 bridgehead atoms. The van der Waals surface area contributed by atoms with Crippen molar-refractivity contribution in [1.82, 2.24) is 30.6 Å². The van der Waals surface area contributed by atoms with Crippen LogP contribution < -0.4 is 25.2 Å². The number of hydrogen-bond acceptors (Lipinski definition) is 12. The first-order valence-electron chi connectivity index (χ1n) is 20.3. The lowest BCUT2D eigenvalue weighted by Gasteiger charge is -2.58. The van der Waals surface area contributed by atoms with Gasteiger partial charge in [0, 0.05) is 63.3 Å². The van der Waals surface area contributed by atoms with Crippen LogP contribution in [0.5, 0.6) is 5.75 Å². The lowest BCUT2D eigenvalue weighted by Crippen LogP contribution is -2.69. The van der Waals surface area contributed by atoms with Crippen LogP contribution in [0, 0.1) is 23.1 Å². The van der Waals surface area contributed by atoms with Gasteiger partial charge in [0.15, 0.2) is 11.5 Å².